The van der Waals surface area contributed by atoms with Crippen molar-refractivity contribution < 1.29 is 19.8 Å². The molecule has 0 aromatic heterocycles. The van der Waals surface area contributed by atoms with E-state index in [1.165, 1.54) is 4.90 Å². The van der Waals surface area contributed by atoms with Gasteiger partial charge in [-0.15, -0.1) is 0 Å². The van der Waals surface area contributed by atoms with E-state index in [4.69, 9.17) is 5.41 Å². The SMILES string of the molecule is CC(=N)N1CC[C@H](CC2=C(C(=O)O)N3C(=O)[C@H]([C@@H](C)O)[C@H]3C2)C1. The number of nitrogens with zero attached hydrogens (tertiary/aromatic N) is 2. The lowest BCUT2D eigenvalue weighted by Gasteiger charge is -2.44. The maximum absolute atomic E-state index is 12.2. The van der Waals surface area contributed by atoms with E-state index in [0.717, 1.165) is 25.1 Å². The fraction of sp³-hybridized carbons (Fsp3) is 0.688. The molecular weight excluding hydrogens is 298 g/mol. The molecule has 1 amide bonds. The summed E-state index contributed by atoms with van der Waals surface area (Å²) in [7, 11) is 0. The summed E-state index contributed by atoms with van der Waals surface area (Å²) in [6, 6.07) is -0.203. The molecule has 0 aromatic carbocycles. The molecule has 3 N–H and O–H groups in total. The van der Waals surface area contributed by atoms with Crippen LogP contribution in [0.3, 0.4) is 0 Å². The van der Waals surface area contributed by atoms with Crippen LogP contribution in [-0.4, -0.2) is 63.0 Å². The lowest BCUT2D eigenvalue weighted by Crippen LogP contribution is -2.61. The number of hydrogen-bond donors (Lipinski definition) is 3. The van der Waals surface area contributed by atoms with Gasteiger partial charge >= 0.3 is 5.97 Å². The predicted molar refractivity (Wildman–Crippen MR) is 82.8 cm³/mol. The van der Waals surface area contributed by atoms with Crippen LogP contribution in [0.5, 0.6) is 0 Å². The highest BCUT2D eigenvalue weighted by molar-refractivity contribution is 5.99. The third kappa shape index (κ3) is 2.52. The Hall–Kier alpha value is -1.89. The largest absolute Gasteiger partial charge is 0.477 e. The summed E-state index contributed by atoms with van der Waals surface area (Å²) in [5.41, 5.74) is 0.940. The third-order valence-electron chi connectivity index (χ3n) is 5.32. The summed E-state index contributed by atoms with van der Waals surface area (Å²) in [4.78, 5) is 27.1. The fourth-order valence-corrected chi connectivity index (χ4v) is 4.20. The molecular formula is C16H23N3O4. The summed E-state index contributed by atoms with van der Waals surface area (Å²) >= 11 is 0. The smallest absolute Gasteiger partial charge is 0.352 e. The first kappa shape index (κ1) is 16.0. The van der Waals surface area contributed by atoms with Crippen LogP contribution >= 0.6 is 0 Å². The molecule has 2 fully saturated rings. The van der Waals surface area contributed by atoms with Crippen LogP contribution in [-0.2, 0) is 9.59 Å². The number of aliphatic hydroxyl groups is 1. The molecule has 3 heterocycles. The molecule has 0 radical (unpaired) electrons. The zero-order valence-corrected chi connectivity index (χ0v) is 13.5. The van der Waals surface area contributed by atoms with Gasteiger partial charge in [-0.1, -0.05) is 0 Å². The van der Waals surface area contributed by atoms with Crippen LogP contribution in [0.2, 0.25) is 0 Å². The minimum absolute atomic E-state index is 0.127. The van der Waals surface area contributed by atoms with E-state index in [2.05, 4.69) is 0 Å². The number of likely N-dealkylation sites (tertiary alicyclic amines) is 1. The van der Waals surface area contributed by atoms with E-state index >= 15 is 0 Å². The second-order valence-electron chi connectivity index (χ2n) is 6.89. The van der Waals surface area contributed by atoms with Crippen molar-refractivity contribution in [1.82, 2.24) is 9.80 Å². The van der Waals surface area contributed by atoms with Crippen molar-refractivity contribution >= 4 is 17.7 Å². The van der Waals surface area contributed by atoms with Gasteiger partial charge in [0.25, 0.3) is 0 Å². The highest BCUT2D eigenvalue weighted by Gasteiger charge is 2.56. The van der Waals surface area contributed by atoms with Gasteiger partial charge in [0.2, 0.25) is 5.91 Å². The number of aliphatic carboxylic acids is 1. The number of amides is 1. The van der Waals surface area contributed by atoms with Crippen molar-refractivity contribution in [2.75, 3.05) is 13.1 Å². The second kappa shape index (κ2) is 5.63. The lowest BCUT2D eigenvalue weighted by atomic mass is 9.82. The second-order valence-corrected chi connectivity index (χ2v) is 6.89. The first-order valence-corrected chi connectivity index (χ1v) is 8.07. The number of carbonyl (C=O) groups is 2. The van der Waals surface area contributed by atoms with Crippen LogP contribution in [0.4, 0.5) is 0 Å². The molecule has 2 saturated heterocycles. The summed E-state index contributed by atoms with van der Waals surface area (Å²) < 4.78 is 0. The maximum atomic E-state index is 12.2. The van der Waals surface area contributed by atoms with E-state index in [0.29, 0.717) is 24.6 Å². The average molecular weight is 321 g/mol. The molecule has 3 rings (SSSR count). The number of rotatable bonds is 4. The highest BCUT2D eigenvalue weighted by Crippen LogP contribution is 2.45. The predicted octanol–water partition coefficient (Wildman–Crippen LogP) is 0.646. The summed E-state index contributed by atoms with van der Waals surface area (Å²) in [5.74, 6) is -0.956. The lowest BCUT2D eigenvalue weighted by molar-refractivity contribution is -0.161. The van der Waals surface area contributed by atoms with E-state index in [1.807, 2.05) is 4.90 Å². The van der Waals surface area contributed by atoms with Gasteiger partial charge in [0.05, 0.1) is 23.9 Å². The average Bonchev–Trinajstić information content (AvgIpc) is 3.02. The standard InChI is InChI=1S/C16H23N3O4/c1-8(20)13-12-6-11(14(16(22)23)19(12)15(13)21)5-10-3-4-18(7-10)9(2)17/h8,10,12-13,17,20H,3-7H2,1-2H3,(H,22,23)/t8-,10-,12-,13-/m1/s1. The Labute approximate surface area is 135 Å². The van der Waals surface area contributed by atoms with Crippen molar-refractivity contribution in [1.29, 1.82) is 5.41 Å². The summed E-state index contributed by atoms with van der Waals surface area (Å²) in [5, 5.41) is 26.9. The van der Waals surface area contributed by atoms with Gasteiger partial charge in [-0.05, 0) is 44.6 Å². The summed E-state index contributed by atoms with van der Waals surface area (Å²) in [6.45, 7) is 4.94. The molecule has 3 aliphatic heterocycles. The van der Waals surface area contributed by atoms with Gasteiger partial charge < -0.3 is 20.0 Å². The van der Waals surface area contributed by atoms with Crippen molar-refractivity contribution in [2.24, 2.45) is 11.8 Å². The van der Waals surface area contributed by atoms with Crippen molar-refractivity contribution in [2.45, 2.75) is 45.3 Å². The molecule has 0 aromatic rings. The number of aliphatic hydroxyl groups excluding tert-OH is 1. The third-order valence-corrected chi connectivity index (χ3v) is 5.32. The number of fused-ring (bicyclic) bond motifs is 1. The number of β-lactam (4-membered cyclic amide) rings is 1. The Balaban J connectivity index is 1.75. The Morgan fingerprint density at radius 1 is 1.48 bits per heavy atom. The fourth-order valence-electron chi connectivity index (χ4n) is 4.20. The van der Waals surface area contributed by atoms with Crippen molar-refractivity contribution in [3.63, 3.8) is 0 Å². The van der Waals surface area contributed by atoms with E-state index in [9.17, 15) is 19.8 Å². The van der Waals surface area contributed by atoms with Crippen LogP contribution in [0.1, 0.15) is 33.1 Å². The number of amidine groups is 1. The Morgan fingerprint density at radius 3 is 2.70 bits per heavy atom. The molecule has 4 atom stereocenters. The van der Waals surface area contributed by atoms with Crippen molar-refractivity contribution in [3.05, 3.63) is 11.3 Å². The summed E-state index contributed by atoms with van der Waals surface area (Å²) in [6.07, 6.45) is 1.38. The monoisotopic (exact) mass is 321 g/mol. The van der Waals surface area contributed by atoms with Crippen molar-refractivity contribution in [3.8, 4) is 0 Å². The first-order valence-electron chi connectivity index (χ1n) is 8.07. The van der Waals surface area contributed by atoms with E-state index in [1.54, 1.807) is 13.8 Å². The van der Waals surface area contributed by atoms with Gasteiger partial charge in [0.1, 0.15) is 5.70 Å². The van der Waals surface area contributed by atoms with Gasteiger partial charge in [-0.2, -0.15) is 0 Å². The molecule has 0 spiro atoms. The minimum Gasteiger partial charge on any atom is -0.477 e. The molecule has 7 nitrogen and oxygen atoms in total. The van der Waals surface area contributed by atoms with Crippen LogP contribution in [0, 0.1) is 17.2 Å². The van der Waals surface area contributed by atoms with Gasteiger partial charge in [0, 0.05) is 13.1 Å². The number of carboxylic acid groups (broad SMARTS) is 1. The quantitative estimate of drug-likeness (QED) is 0.400. The normalized spacial score (nSPS) is 31.3. The molecule has 0 unspecified atom stereocenters. The molecule has 126 valence electrons. The number of nitrogens with one attached hydrogen (secondary N) is 1. The van der Waals surface area contributed by atoms with Gasteiger partial charge in [-0.25, -0.2) is 4.79 Å². The van der Waals surface area contributed by atoms with E-state index < -0.39 is 18.0 Å². The Morgan fingerprint density at radius 2 is 2.17 bits per heavy atom. The number of carbonyl (C=O) groups excluding carboxylic acids is 1. The highest BCUT2D eigenvalue weighted by atomic mass is 16.4. The van der Waals surface area contributed by atoms with Crippen LogP contribution < -0.4 is 0 Å². The number of hydrogen-bond acceptors (Lipinski definition) is 4. The zero-order chi connectivity index (χ0) is 16.9. The molecule has 0 aliphatic carbocycles. The van der Waals surface area contributed by atoms with Gasteiger partial charge in [0.15, 0.2) is 0 Å². The molecule has 7 heteroatoms. The van der Waals surface area contributed by atoms with Crippen LogP contribution in [0.15, 0.2) is 11.3 Å². The Kier molecular flexibility index (Phi) is 3.91. The minimum atomic E-state index is -1.06. The van der Waals surface area contributed by atoms with E-state index in [-0.39, 0.29) is 17.6 Å². The molecule has 23 heavy (non-hydrogen) atoms. The zero-order valence-electron chi connectivity index (χ0n) is 13.5. The maximum Gasteiger partial charge on any atom is 0.352 e. The number of carboxylic acids is 1. The molecule has 0 bridgehead atoms. The molecule has 0 saturated carbocycles. The van der Waals surface area contributed by atoms with Crippen LogP contribution in [0.25, 0.3) is 0 Å². The topological polar surface area (TPSA) is 105 Å². The van der Waals surface area contributed by atoms with Gasteiger partial charge in [-0.3, -0.25) is 10.2 Å². The Bertz CT molecular complexity index is 598. The first-order chi connectivity index (χ1) is 10.8. The molecule has 3 aliphatic rings.